The van der Waals surface area contributed by atoms with Crippen LogP contribution in [0, 0.1) is 5.92 Å². The molecule has 60 heavy (non-hydrogen) atoms. The molecule has 4 amide bonds. The lowest BCUT2D eigenvalue weighted by Gasteiger charge is -2.26. The summed E-state index contributed by atoms with van der Waals surface area (Å²) in [6.45, 7) is 0.857. The Morgan fingerprint density at radius 3 is 2.50 bits per heavy atom. The Kier molecular flexibility index (Phi) is 11.7. The van der Waals surface area contributed by atoms with Crippen LogP contribution >= 0.6 is 0 Å². The topological polar surface area (TPSA) is 168 Å². The molecule has 4 N–H and O–H groups in total. The molecule has 1 saturated heterocycles. The Bertz CT molecular complexity index is 2520. The van der Waals surface area contributed by atoms with E-state index < -0.39 is 51.5 Å². The minimum Gasteiger partial charge on any atom is -0.497 e. The average Bonchev–Trinajstić information content (AvgIpc) is 3.80. The number of nitrogens with one attached hydrogen (secondary N) is 4. The third-order valence-electron chi connectivity index (χ3n) is 11.4. The van der Waals surface area contributed by atoms with Crippen molar-refractivity contribution in [1.82, 2.24) is 25.2 Å². The number of urea groups is 1. The number of pyridine rings is 1. The fourth-order valence-corrected chi connectivity index (χ4v) is 9.24. The summed E-state index contributed by atoms with van der Waals surface area (Å²) in [6.07, 6.45) is 6.99. The van der Waals surface area contributed by atoms with Crippen LogP contribution in [0.2, 0.25) is 0 Å². The third kappa shape index (κ3) is 8.79. The van der Waals surface area contributed by atoms with Crippen molar-refractivity contribution < 1.29 is 32.3 Å². The number of allylic oxidation sites excluding steroid dienone is 1. The second-order valence-corrected chi connectivity index (χ2v) is 17.1. The number of anilines is 1. The normalized spacial score (nSPS) is 23.0. The number of methoxy groups -OCH3 is 1. The molecule has 2 fully saturated rings. The number of hydrogen-bond acceptors (Lipinski definition) is 9. The number of nitrogens with zero attached hydrogens (tertiary/aromatic N) is 2. The van der Waals surface area contributed by atoms with Gasteiger partial charge in [-0.15, -0.1) is 0 Å². The van der Waals surface area contributed by atoms with Gasteiger partial charge in [-0.3, -0.25) is 9.59 Å². The molecule has 4 atom stereocenters. The number of rotatable bonds is 8. The maximum atomic E-state index is 14.6. The molecule has 3 heterocycles. The van der Waals surface area contributed by atoms with E-state index in [1.165, 1.54) is 11.0 Å². The zero-order valence-corrected chi connectivity index (χ0v) is 34.1. The maximum Gasteiger partial charge on any atom is 0.318 e. The van der Waals surface area contributed by atoms with Gasteiger partial charge in [0.05, 0.1) is 30.6 Å². The Balaban J connectivity index is 1.09. The first kappa shape index (κ1) is 40.4. The number of sulfonamides is 1. The van der Waals surface area contributed by atoms with E-state index >= 15 is 0 Å². The second-order valence-electron chi connectivity index (χ2n) is 15.4. The van der Waals surface area contributed by atoms with Gasteiger partial charge in [0, 0.05) is 48.5 Å². The summed E-state index contributed by atoms with van der Waals surface area (Å²) in [4.78, 5) is 49.1. The SMILES string of the molecule is COc1ccc2c(O[C@@H]3C[C@@H](C(=O)N[C@]45CC4/C=C\CCCCCNc4ccccc4S(=O)(=O)NC5=O)N(C(=O)NCc4ccccc4)C3)cc(-c3ccccc3)nc2c1. The van der Waals surface area contributed by atoms with Crippen LogP contribution in [0.1, 0.15) is 44.1 Å². The molecular weight excluding hydrogens is 781 g/mol. The van der Waals surface area contributed by atoms with Crippen LogP contribution in [-0.4, -0.2) is 74.0 Å². The van der Waals surface area contributed by atoms with Crippen LogP contribution in [-0.2, 0) is 26.2 Å². The highest BCUT2D eigenvalue weighted by Gasteiger charge is 2.61. The van der Waals surface area contributed by atoms with Gasteiger partial charge in [0.25, 0.3) is 15.9 Å². The molecule has 14 heteroatoms. The zero-order chi connectivity index (χ0) is 41.7. The first-order valence-electron chi connectivity index (χ1n) is 20.3. The van der Waals surface area contributed by atoms with Crippen molar-refractivity contribution in [2.45, 2.75) is 67.6 Å². The van der Waals surface area contributed by atoms with Crippen molar-refractivity contribution in [2.24, 2.45) is 5.92 Å². The lowest BCUT2D eigenvalue weighted by molar-refractivity contribution is -0.131. The molecule has 13 nitrogen and oxygen atoms in total. The molecule has 4 aromatic carbocycles. The van der Waals surface area contributed by atoms with Gasteiger partial charge < -0.3 is 30.3 Å². The van der Waals surface area contributed by atoms with Gasteiger partial charge in [0.1, 0.15) is 34.1 Å². The number of ether oxygens (including phenoxy) is 2. The first-order chi connectivity index (χ1) is 29.1. The Labute approximate surface area is 349 Å². The predicted octanol–water partition coefficient (Wildman–Crippen LogP) is 6.56. The number of aromatic nitrogens is 1. The molecule has 1 unspecified atom stereocenters. The fourth-order valence-electron chi connectivity index (χ4n) is 8.02. The molecular formula is C46H48N6O7S. The van der Waals surface area contributed by atoms with Gasteiger partial charge in [-0.25, -0.2) is 22.9 Å². The van der Waals surface area contributed by atoms with Crippen LogP contribution in [0.5, 0.6) is 11.5 Å². The fraction of sp³-hybridized carbons (Fsp3) is 0.304. The van der Waals surface area contributed by atoms with Crippen LogP contribution in [0.3, 0.4) is 0 Å². The van der Waals surface area contributed by atoms with Crippen molar-refractivity contribution in [2.75, 3.05) is 25.5 Å². The predicted molar refractivity (Wildman–Crippen MR) is 229 cm³/mol. The largest absolute Gasteiger partial charge is 0.497 e. The van der Waals surface area contributed by atoms with Crippen molar-refractivity contribution in [3.63, 3.8) is 0 Å². The van der Waals surface area contributed by atoms with E-state index in [-0.39, 0.29) is 30.8 Å². The van der Waals surface area contributed by atoms with Crippen LogP contribution < -0.4 is 30.1 Å². The van der Waals surface area contributed by atoms with Crippen LogP contribution in [0.15, 0.2) is 126 Å². The summed E-state index contributed by atoms with van der Waals surface area (Å²) in [5.41, 5.74) is 1.91. The van der Waals surface area contributed by atoms with E-state index in [1.54, 1.807) is 25.3 Å². The summed E-state index contributed by atoms with van der Waals surface area (Å²) in [5, 5.41) is 9.82. The number of amides is 4. The van der Waals surface area contributed by atoms with Crippen molar-refractivity contribution in [3.8, 4) is 22.8 Å². The Morgan fingerprint density at radius 2 is 1.70 bits per heavy atom. The summed E-state index contributed by atoms with van der Waals surface area (Å²) < 4.78 is 42.1. The van der Waals surface area contributed by atoms with E-state index in [4.69, 9.17) is 14.5 Å². The van der Waals surface area contributed by atoms with Crippen molar-refractivity contribution >= 4 is 44.5 Å². The molecule has 0 bridgehead atoms. The van der Waals surface area contributed by atoms with Gasteiger partial charge in [-0.2, -0.15) is 0 Å². The lowest BCUT2D eigenvalue weighted by atomic mass is 10.1. The molecule has 5 aromatic rings. The van der Waals surface area contributed by atoms with Gasteiger partial charge in [0.2, 0.25) is 5.91 Å². The second kappa shape index (κ2) is 17.4. The molecule has 2 aliphatic heterocycles. The van der Waals surface area contributed by atoms with E-state index in [2.05, 4.69) is 20.7 Å². The van der Waals surface area contributed by atoms with Crippen molar-refractivity contribution in [1.29, 1.82) is 0 Å². The average molecular weight is 829 g/mol. The summed E-state index contributed by atoms with van der Waals surface area (Å²) in [5.74, 6) is -0.740. The zero-order valence-electron chi connectivity index (χ0n) is 33.3. The molecule has 1 saturated carbocycles. The quantitative estimate of drug-likeness (QED) is 0.127. The van der Waals surface area contributed by atoms with Crippen LogP contribution in [0.25, 0.3) is 22.2 Å². The standard InChI is InChI=1S/C46H48N6O7S/c1-58-34-22-23-36-39(25-34)49-38(32-17-9-6-10-18-32)27-41(36)59-35-26-40(52(30-35)45(55)48-29-31-15-7-5-8-16-31)43(53)50-46-28-33(46)19-11-3-2-4-14-24-47-37-20-12-13-21-42(37)60(56,57)51-44(46)54/h5-13,15-23,25,27,33,35,40,47H,2-4,14,24,26,28-30H2,1H3,(H,48,55)(H,50,53)(H,51,54)/b19-11-/t33?,35-,40+,46-/m1/s1. The monoisotopic (exact) mass is 828 g/mol. The van der Waals surface area contributed by atoms with Crippen LogP contribution in [0.4, 0.5) is 10.5 Å². The summed E-state index contributed by atoms with van der Waals surface area (Å²) in [6, 6.07) is 31.4. The molecule has 1 aromatic heterocycles. The maximum absolute atomic E-state index is 14.6. The highest BCUT2D eigenvalue weighted by atomic mass is 32.2. The third-order valence-corrected chi connectivity index (χ3v) is 12.7. The van der Waals surface area contributed by atoms with Gasteiger partial charge >= 0.3 is 6.03 Å². The lowest BCUT2D eigenvalue weighted by Crippen LogP contribution is -2.57. The minimum absolute atomic E-state index is 0.0556. The molecule has 0 radical (unpaired) electrons. The van der Waals surface area contributed by atoms with E-state index in [0.717, 1.165) is 42.2 Å². The number of benzene rings is 4. The number of hydrogen-bond donors (Lipinski definition) is 4. The number of carbonyl (C=O) groups excluding carboxylic acids is 3. The number of fused-ring (bicyclic) bond motifs is 3. The highest BCUT2D eigenvalue weighted by molar-refractivity contribution is 7.90. The molecule has 0 spiro atoms. The van der Waals surface area contributed by atoms with E-state index in [0.29, 0.717) is 34.9 Å². The molecule has 8 rings (SSSR count). The van der Waals surface area contributed by atoms with E-state index in [1.807, 2.05) is 97.1 Å². The molecule has 310 valence electrons. The van der Waals surface area contributed by atoms with E-state index in [9.17, 15) is 22.8 Å². The summed E-state index contributed by atoms with van der Waals surface area (Å²) in [7, 11) is -2.75. The van der Waals surface area contributed by atoms with Gasteiger partial charge in [0.15, 0.2) is 0 Å². The smallest absolute Gasteiger partial charge is 0.318 e. The van der Waals surface area contributed by atoms with Crippen molar-refractivity contribution in [3.05, 3.63) is 127 Å². The first-order valence-corrected chi connectivity index (χ1v) is 21.8. The highest BCUT2D eigenvalue weighted by Crippen LogP contribution is 2.46. The minimum atomic E-state index is -4.34. The number of para-hydroxylation sites is 1. The number of likely N-dealkylation sites (tertiary alicyclic amines) is 1. The summed E-state index contributed by atoms with van der Waals surface area (Å²) >= 11 is 0. The number of carbonyl (C=O) groups is 3. The Hall–Kier alpha value is -6.41. The van der Waals surface area contributed by atoms with Gasteiger partial charge in [-0.05, 0) is 55.5 Å². The Morgan fingerprint density at radius 1 is 0.933 bits per heavy atom. The van der Waals surface area contributed by atoms with Gasteiger partial charge in [-0.1, -0.05) is 91.4 Å². The molecule has 3 aliphatic rings. The molecule has 1 aliphatic carbocycles.